The number of nitro groups is 1. The molecule has 1 unspecified atom stereocenters. The Morgan fingerprint density at radius 3 is 2.70 bits per heavy atom. The summed E-state index contributed by atoms with van der Waals surface area (Å²) in [5.74, 6) is 0.794. The fraction of sp³-hybridized carbons (Fsp3) is 0.455. The van der Waals surface area contributed by atoms with Crippen LogP contribution in [0.1, 0.15) is 13.3 Å². The predicted molar refractivity (Wildman–Crippen MR) is 80.3 cm³/mol. The van der Waals surface area contributed by atoms with Crippen LogP contribution in [0.15, 0.2) is 23.1 Å². The third kappa shape index (κ3) is 4.36. The van der Waals surface area contributed by atoms with Crippen LogP contribution in [0.5, 0.6) is 0 Å². The summed E-state index contributed by atoms with van der Waals surface area (Å²) in [6, 6.07) is 3.18. The first kappa shape index (κ1) is 16.7. The first-order chi connectivity index (χ1) is 9.27. The number of hydrogen-bond donors (Lipinski definition) is 2. The maximum Gasteiger partial charge on any atom is 0.289 e. The zero-order valence-corrected chi connectivity index (χ0v) is 12.8. The van der Waals surface area contributed by atoms with Crippen LogP contribution in [-0.2, 0) is 10.0 Å². The van der Waals surface area contributed by atoms with Gasteiger partial charge in [-0.05, 0) is 37.5 Å². The van der Waals surface area contributed by atoms with E-state index in [2.05, 4.69) is 4.72 Å². The summed E-state index contributed by atoms with van der Waals surface area (Å²) >= 11 is 1.60. The Bertz CT molecular complexity index is 589. The molecule has 1 rings (SSSR count). The number of anilines is 1. The summed E-state index contributed by atoms with van der Waals surface area (Å²) in [5, 5.41) is 10.9. The van der Waals surface area contributed by atoms with Crippen molar-refractivity contribution in [2.45, 2.75) is 24.3 Å². The Kier molecular flexibility index (Phi) is 5.78. The molecule has 0 spiro atoms. The van der Waals surface area contributed by atoms with E-state index in [1.807, 2.05) is 6.26 Å². The third-order valence-corrected chi connectivity index (χ3v) is 4.84. The van der Waals surface area contributed by atoms with Crippen LogP contribution in [0.2, 0.25) is 0 Å². The summed E-state index contributed by atoms with van der Waals surface area (Å²) in [7, 11) is -3.97. The van der Waals surface area contributed by atoms with Gasteiger partial charge in [0.05, 0.1) is 4.92 Å². The van der Waals surface area contributed by atoms with E-state index in [1.165, 1.54) is 6.07 Å². The van der Waals surface area contributed by atoms with E-state index in [1.54, 1.807) is 18.7 Å². The van der Waals surface area contributed by atoms with Crippen LogP contribution in [0.3, 0.4) is 0 Å². The van der Waals surface area contributed by atoms with Gasteiger partial charge in [-0.2, -0.15) is 11.8 Å². The Labute approximate surface area is 122 Å². The molecule has 0 fully saturated rings. The molecule has 0 aliphatic rings. The molecule has 1 aromatic rings. The minimum atomic E-state index is -3.97. The van der Waals surface area contributed by atoms with Crippen molar-refractivity contribution in [1.82, 2.24) is 4.72 Å². The van der Waals surface area contributed by atoms with Crippen molar-refractivity contribution in [3.8, 4) is 0 Å². The summed E-state index contributed by atoms with van der Waals surface area (Å²) in [4.78, 5) is 9.77. The van der Waals surface area contributed by atoms with Crippen molar-refractivity contribution in [2.24, 2.45) is 0 Å². The molecule has 0 bridgehead atoms. The lowest BCUT2D eigenvalue weighted by molar-refractivity contribution is -0.387. The molecule has 20 heavy (non-hydrogen) atoms. The molecule has 0 heterocycles. The zero-order valence-electron chi connectivity index (χ0n) is 11.2. The third-order valence-electron chi connectivity index (χ3n) is 2.58. The van der Waals surface area contributed by atoms with Gasteiger partial charge in [-0.15, -0.1) is 0 Å². The number of sulfonamides is 1. The maximum atomic E-state index is 12.2. The number of thioether (sulfide) groups is 1. The fourth-order valence-electron chi connectivity index (χ4n) is 1.58. The molecule has 0 amide bonds. The minimum absolute atomic E-state index is 0.160. The molecule has 0 aromatic heterocycles. The second kappa shape index (κ2) is 6.91. The molecule has 0 radical (unpaired) electrons. The highest BCUT2D eigenvalue weighted by Crippen LogP contribution is 2.26. The van der Waals surface area contributed by atoms with Gasteiger partial charge in [0.2, 0.25) is 10.0 Å². The number of benzene rings is 1. The van der Waals surface area contributed by atoms with Gasteiger partial charge in [-0.25, -0.2) is 13.1 Å². The van der Waals surface area contributed by atoms with Gasteiger partial charge in [-0.3, -0.25) is 10.1 Å². The van der Waals surface area contributed by atoms with Crippen molar-refractivity contribution >= 4 is 33.2 Å². The Balaban J connectivity index is 3.09. The van der Waals surface area contributed by atoms with Crippen molar-refractivity contribution in [3.63, 3.8) is 0 Å². The van der Waals surface area contributed by atoms with E-state index in [9.17, 15) is 18.5 Å². The monoisotopic (exact) mass is 319 g/mol. The molecule has 3 N–H and O–H groups in total. The number of nitrogens with one attached hydrogen (secondary N) is 1. The highest BCUT2D eigenvalue weighted by Gasteiger charge is 2.27. The minimum Gasteiger partial charge on any atom is -0.399 e. The smallest absolute Gasteiger partial charge is 0.289 e. The molecule has 0 saturated heterocycles. The van der Waals surface area contributed by atoms with Crippen molar-refractivity contribution in [2.75, 3.05) is 17.7 Å². The van der Waals surface area contributed by atoms with Crippen LogP contribution in [0.25, 0.3) is 0 Å². The zero-order chi connectivity index (χ0) is 15.3. The van der Waals surface area contributed by atoms with Gasteiger partial charge in [0.15, 0.2) is 4.90 Å². The molecule has 1 aromatic carbocycles. The lowest BCUT2D eigenvalue weighted by Gasteiger charge is -2.14. The quantitative estimate of drug-likeness (QED) is 0.448. The summed E-state index contributed by atoms with van der Waals surface area (Å²) in [6.07, 6.45) is 2.56. The Morgan fingerprint density at radius 1 is 1.50 bits per heavy atom. The lowest BCUT2D eigenvalue weighted by Crippen LogP contribution is -2.33. The average Bonchev–Trinajstić information content (AvgIpc) is 2.35. The number of nitrogen functional groups attached to an aromatic ring is 1. The Hall–Kier alpha value is -1.32. The standard InChI is InChI=1S/C11H17N3O4S2/c1-8(5-6-19-2)13-20(17,18)11-7-9(12)3-4-10(11)14(15)16/h3-4,7-8,13H,5-6,12H2,1-2H3. The topological polar surface area (TPSA) is 115 Å². The normalized spacial score (nSPS) is 13.1. The van der Waals surface area contributed by atoms with Gasteiger partial charge < -0.3 is 5.73 Å². The number of rotatable bonds is 7. The van der Waals surface area contributed by atoms with Gasteiger partial charge in [0, 0.05) is 17.8 Å². The van der Waals surface area contributed by atoms with E-state index in [4.69, 9.17) is 5.73 Å². The lowest BCUT2D eigenvalue weighted by atomic mass is 10.3. The summed E-state index contributed by atoms with van der Waals surface area (Å²) in [5.41, 5.74) is 5.19. The molecular formula is C11H17N3O4S2. The molecule has 1 atom stereocenters. The molecule has 9 heteroatoms. The van der Waals surface area contributed by atoms with Crippen molar-refractivity contribution < 1.29 is 13.3 Å². The first-order valence-corrected chi connectivity index (χ1v) is 8.71. The fourth-order valence-corrected chi connectivity index (χ4v) is 3.65. The number of hydrogen-bond acceptors (Lipinski definition) is 6. The van der Waals surface area contributed by atoms with Gasteiger partial charge in [0.25, 0.3) is 5.69 Å². The van der Waals surface area contributed by atoms with Crippen LogP contribution < -0.4 is 10.5 Å². The molecular weight excluding hydrogens is 302 g/mol. The van der Waals surface area contributed by atoms with Crippen LogP contribution in [0, 0.1) is 10.1 Å². The van der Waals surface area contributed by atoms with Crippen LogP contribution >= 0.6 is 11.8 Å². The molecule has 7 nitrogen and oxygen atoms in total. The van der Waals surface area contributed by atoms with Crippen molar-refractivity contribution in [1.29, 1.82) is 0 Å². The highest BCUT2D eigenvalue weighted by atomic mass is 32.2. The molecule has 0 aliphatic heterocycles. The van der Waals surface area contributed by atoms with Crippen molar-refractivity contribution in [3.05, 3.63) is 28.3 Å². The number of nitrogens with zero attached hydrogens (tertiary/aromatic N) is 1. The van der Waals surface area contributed by atoms with Gasteiger partial charge in [0.1, 0.15) is 0 Å². The van der Waals surface area contributed by atoms with E-state index in [0.717, 1.165) is 17.9 Å². The number of nitro benzene ring substituents is 1. The van der Waals surface area contributed by atoms with Gasteiger partial charge >= 0.3 is 0 Å². The summed E-state index contributed by atoms with van der Waals surface area (Å²) < 4.78 is 26.8. The van der Waals surface area contributed by atoms with E-state index >= 15 is 0 Å². The molecule has 0 saturated carbocycles. The SMILES string of the molecule is CSCCC(C)NS(=O)(=O)c1cc(N)ccc1[N+](=O)[O-]. The average molecular weight is 319 g/mol. The summed E-state index contributed by atoms with van der Waals surface area (Å²) in [6.45, 7) is 1.71. The van der Waals surface area contributed by atoms with Crippen LogP contribution in [0.4, 0.5) is 11.4 Å². The molecule has 112 valence electrons. The predicted octanol–water partition coefficient (Wildman–Crippen LogP) is 1.60. The van der Waals surface area contributed by atoms with Gasteiger partial charge in [-0.1, -0.05) is 0 Å². The number of nitrogens with two attached hydrogens (primary N) is 1. The first-order valence-electron chi connectivity index (χ1n) is 5.83. The van der Waals surface area contributed by atoms with E-state index in [0.29, 0.717) is 6.42 Å². The van der Waals surface area contributed by atoms with Crippen LogP contribution in [-0.4, -0.2) is 31.4 Å². The highest BCUT2D eigenvalue weighted by molar-refractivity contribution is 7.98. The van der Waals surface area contributed by atoms with E-state index in [-0.39, 0.29) is 11.7 Å². The maximum absolute atomic E-state index is 12.2. The molecule has 0 aliphatic carbocycles. The van der Waals surface area contributed by atoms with E-state index < -0.39 is 25.5 Å². The second-order valence-corrected chi connectivity index (χ2v) is 6.96. The Morgan fingerprint density at radius 2 is 2.15 bits per heavy atom. The second-order valence-electron chi connectivity index (χ2n) is 4.29. The largest absolute Gasteiger partial charge is 0.399 e.